The van der Waals surface area contributed by atoms with Crippen molar-refractivity contribution >= 4 is 33.0 Å². The molecule has 0 aliphatic carbocycles. The molecule has 1 aromatic heterocycles. The Hall–Kier alpha value is -0.800. The van der Waals surface area contributed by atoms with Crippen LogP contribution < -0.4 is 5.32 Å². The van der Waals surface area contributed by atoms with Crippen LogP contribution in [0.5, 0.6) is 0 Å². The van der Waals surface area contributed by atoms with Crippen molar-refractivity contribution in [1.82, 2.24) is 0 Å². The Morgan fingerprint density at radius 1 is 1.11 bits per heavy atom. The molecule has 96 valence electrons. The monoisotopic (exact) mass is 323 g/mol. The molecule has 0 radical (unpaired) electrons. The topological polar surface area (TPSA) is 12.0 Å². The summed E-state index contributed by atoms with van der Waals surface area (Å²) in [5.74, 6) is 0. The number of halogens is 1. The van der Waals surface area contributed by atoms with Gasteiger partial charge in [0, 0.05) is 19.9 Å². The third kappa shape index (κ3) is 2.96. The van der Waals surface area contributed by atoms with Gasteiger partial charge in [-0.15, -0.1) is 11.3 Å². The largest absolute Gasteiger partial charge is 0.378 e. The third-order valence-electron chi connectivity index (χ3n) is 3.01. The molecule has 2 aromatic rings. The lowest BCUT2D eigenvalue weighted by Gasteiger charge is -2.16. The van der Waals surface area contributed by atoms with Gasteiger partial charge in [0.05, 0.1) is 6.04 Å². The van der Waals surface area contributed by atoms with E-state index in [0.29, 0.717) is 6.04 Å². The van der Waals surface area contributed by atoms with E-state index in [-0.39, 0.29) is 0 Å². The molecule has 18 heavy (non-hydrogen) atoms. The number of hydrogen-bond acceptors (Lipinski definition) is 2. The van der Waals surface area contributed by atoms with Gasteiger partial charge in [-0.25, -0.2) is 0 Å². The van der Waals surface area contributed by atoms with E-state index >= 15 is 0 Å². The lowest BCUT2D eigenvalue weighted by Crippen LogP contribution is -2.05. The Morgan fingerprint density at radius 3 is 2.22 bits per heavy atom. The Balaban J connectivity index is 2.19. The molecule has 1 atom stereocenters. The number of rotatable bonds is 3. The van der Waals surface area contributed by atoms with Crippen LogP contribution in [-0.4, -0.2) is 0 Å². The number of anilines is 1. The molecule has 1 unspecified atom stereocenters. The predicted octanol–water partition coefficient (Wildman–Crippen LogP) is 5.61. The van der Waals surface area contributed by atoms with Crippen LogP contribution in [0.2, 0.25) is 0 Å². The predicted molar refractivity (Wildman–Crippen MR) is 84.7 cm³/mol. The molecule has 0 spiro atoms. The van der Waals surface area contributed by atoms with Crippen molar-refractivity contribution in [2.24, 2.45) is 0 Å². The van der Waals surface area contributed by atoms with E-state index in [1.807, 2.05) is 11.3 Å². The van der Waals surface area contributed by atoms with E-state index < -0.39 is 0 Å². The van der Waals surface area contributed by atoms with Crippen molar-refractivity contribution in [3.05, 3.63) is 49.6 Å². The zero-order valence-electron chi connectivity index (χ0n) is 11.2. The van der Waals surface area contributed by atoms with E-state index in [4.69, 9.17) is 0 Å². The van der Waals surface area contributed by atoms with E-state index in [2.05, 4.69) is 73.2 Å². The van der Waals surface area contributed by atoms with Crippen LogP contribution in [0.15, 0.2) is 28.7 Å². The summed E-state index contributed by atoms with van der Waals surface area (Å²) in [7, 11) is 0. The molecule has 0 saturated heterocycles. The van der Waals surface area contributed by atoms with Gasteiger partial charge < -0.3 is 5.32 Å². The molecular weight excluding hydrogens is 306 g/mol. The number of benzene rings is 1. The van der Waals surface area contributed by atoms with Gasteiger partial charge in [-0.2, -0.15) is 0 Å². The van der Waals surface area contributed by atoms with Crippen molar-refractivity contribution in [2.45, 2.75) is 33.7 Å². The summed E-state index contributed by atoms with van der Waals surface area (Å²) in [6, 6.07) is 9.11. The first-order valence-corrected chi connectivity index (χ1v) is 7.68. The molecule has 2 rings (SSSR count). The van der Waals surface area contributed by atoms with E-state index in [1.165, 1.54) is 31.0 Å². The molecule has 0 aliphatic rings. The minimum atomic E-state index is 0.351. The maximum Gasteiger partial charge on any atom is 0.0578 e. The van der Waals surface area contributed by atoms with Gasteiger partial charge in [0.15, 0.2) is 0 Å². The smallest absolute Gasteiger partial charge is 0.0578 e. The molecule has 0 fully saturated rings. The molecule has 0 amide bonds. The molecule has 1 nitrogen and oxygen atoms in total. The second-order valence-corrected chi connectivity index (χ2v) is 6.85. The van der Waals surface area contributed by atoms with Crippen LogP contribution >= 0.6 is 27.3 Å². The van der Waals surface area contributed by atoms with Crippen LogP contribution in [0.3, 0.4) is 0 Å². The fourth-order valence-electron chi connectivity index (χ4n) is 2.04. The van der Waals surface area contributed by atoms with Gasteiger partial charge >= 0.3 is 0 Å². The standard InChI is InChI=1S/C15H18BrNS/c1-9-7-13(8-10(2)15(9)16)17-12(4)14-6-5-11(3)18-14/h5-8,12,17H,1-4H3. The van der Waals surface area contributed by atoms with Gasteiger partial charge in [0.1, 0.15) is 0 Å². The summed E-state index contributed by atoms with van der Waals surface area (Å²) in [5.41, 5.74) is 3.73. The number of nitrogens with one attached hydrogen (secondary N) is 1. The molecular formula is C15H18BrNS. The fourth-order valence-corrected chi connectivity index (χ4v) is 3.15. The van der Waals surface area contributed by atoms with Gasteiger partial charge in [0.2, 0.25) is 0 Å². The van der Waals surface area contributed by atoms with Gasteiger partial charge in [0.25, 0.3) is 0 Å². The summed E-state index contributed by atoms with van der Waals surface area (Å²) >= 11 is 5.46. The Bertz CT molecular complexity index is 536. The Kier molecular flexibility index (Phi) is 4.13. The lowest BCUT2D eigenvalue weighted by atomic mass is 10.1. The van der Waals surface area contributed by atoms with Gasteiger partial charge in [-0.1, -0.05) is 15.9 Å². The second-order valence-electron chi connectivity index (χ2n) is 4.74. The molecule has 1 heterocycles. The molecule has 1 aromatic carbocycles. The highest BCUT2D eigenvalue weighted by molar-refractivity contribution is 9.10. The minimum absolute atomic E-state index is 0.351. The van der Waals surface area contributed by atoms with Crippen LogP contribution in [0.25, 0.3) is 0 Å². The summed E-state index contributed by atoms with van der Waals surface area (Å²) in [5, 5.41) is 3.57. The van der Waals surface area contributed by atoms with Crippen molar-refractivity contribution in [1.29, 1.82) is 0 Å². The average molecular weight is 324 g/mol. The first-order chi connectivity index (χ1) is 8.47. The zero-order valence-corrected chi connectivity index (χ0v) is 13.6. The second kappa shape index (κ2) is 5.45. The van der Waals surface area contributed by atoms with Gasteiger partial charge in [-0.3, -0.25) is 0 Å². The first kappa shape index (κ1) is 13.6. The van der Waals surface area contributed by atoms with Crippen molar-refractivity contribution in [3.63, 3.8) is 0 Å². The van der Waals surface area contributed by atoms with Crippen LogP contribution in [-0.2, 0) is 0 Å². The highest BCUT2D eigenvalue weighted by atomic mass is 79.9. The molecule has 3 heteroatoms. The van der Waals surface area contributed by atoms with Crippen LogP contribution in [0, 0.1) is 20.8 Å². The normalized spacial score (nSPS) is 12.5. The van der Waals surface area contributed by atoms with Crippen molar-refractivity contribution in [2.75, 3.05) is 5.32 Å². The number of thiophene rings is 1. The molecule has 1 N–H and O–H groups in total. The van der Waals surface area contributed by atoms with Crippen molar-refractivity contribution in [3.8, 4) is 0 Å². The summed E-state index contributed by atoms with van der Waals surface area (Å²) in [4.78, 5) is 2.74. The Morgan fingerprint density at radius 2 is 1.72 bits per heavy atom. The van der Waals surface area contributed by atoms with Gasteiger partial charge in [-0.05, 0) is 63.1 Å². The van der Waals surface area contributed by atoms with E-state index in [0.717, 1.165) is 0 Å². The highest BCUT2D eigenvalue weighted by Gasteiger charge is 2.09. The van der Waals surface area contributed by atoms with E-state index in [9.17, 15) is 0 Å². The summed E-state index contributed by atoms with van der Waals surface area (Å²) in [6.07, 6.45) is 0. The van der Waals surface area contributed by atoms with Crippen LogP contribution in [0.1, 0.15) is 33.8 Å². The van der Waals surface area contributed by atoms with E-state index in [1.54, 1.807) is 0 Å². The van der Waals surface area contributed by atoms with Crippen LogP contribution in [0.4, 0.5) is 5.69 Å². The maximum atomic E-state index is 3.60. The minimum Gasteiger partial charge on any atom is -0.378 e. The SMILES string of the molecule is Cc1ccc(C(C)Nc2cc(C)c(Br)c(C)c2)s1. The third-order valence-corrected chi connectivity index (χ3v) is 5.44. The Labute approximate surface area is 121 Å². The number of aryl methyl sites for hydroxylation is 3. The molecule has 0 saturated carbocycles. The first-order valence-electron chi connectivity index (χ1n) is 6.07. The summed E-state index contributed by atoms with van der Waals surface area (Å²) in [6.45, 7) is 8.61. The molecule has 0 aliphatic heterocycles. The number of hydrogen-bond donors (Lipinski definition) is 1. The van der Waals surface area contributed by atoms with Crippen molar-refractivity contribution < 1.29 is 0 Å². The fraction of sp³-hybridized carbons (Fsp3) is 0.333. The lowest BCUT2D eigenvalue weighted by molar-refractivity contribution is 0.907. The highest BCUT2D eigenvalue weighted by Crippen LogP contribution is 2.29. The zero-order chi connectivity index (χ0) is 13.3. The maximum absolute atomic E-state index is 3.60. The molecule has 0 bridgehead atoms. The average Bonchev–Trinajstić information content (AvgIpc) is 2.72. The summed E-state index contributed by atoms with van der Waals surface area (Å²) < 4.78 is 1.20. The quantitative estimate of drug-likeness (QED) is 0.774.